The molecule has 0 amide bonds. The average Bonchev–Trinajstić information content (AvgIpc) is 2.74. The van der Waals surface area contributed by atoms with Crippen LogP contribution in [0.25, 0.3) is 0 Å². The maximum atomic E-state index is 3.31. The molecule has 0 heterocycles. The fourth-order valence-electron chi connectivity index (χ4n) is 4.27. The monoisotopic (exact) mass is 358 g/mol. The van der Waals surface area contributed by atoms with Crippen molar-refractivity contribution in [3.63, 3.8) is 0 Å². The fourth-order valence-corrected chi connectivity index (χ4v) is 4.27. The third kappa shape index (κ3) is 6.00. The first-order valence-electron chi connectivity index (χ1n) is 11.0. The van der Waals surface area contributed by atoms with E-state index in [1.54, 1.807) is 0 Å². The van der Waals surface area contributed by atoms with Crippen LogP contribution in [0.2, 0.25) is 0 Å². The highest BCUT2D eigenvalue weighted by molar-refractivity contribution is 5.44. The minimum atomic E-state index is 0.760. The first-order valence-corrected chi connectivity index (χ1v) is 11.0. The van der Waals surface area contributed by atoms with Crippen LogP contribution in [0.15, 0.2) is 48.5 Å². The SMILES string of the molecule is CCCCCC1CCC(c2ccc(C#Cc3ccc(CC)cc3)cc2)CC1. The Morgan fingerprint density at radius 1 is 0.741 bits per heavy atom. The fraction of sp³-hybridized carbons (Fsp3) is 0.481. The van der Waals surface area contributed by atoms with Gasteiger partial charge in [-0.1, -0.05) is 75.6 Å². The number of aryl methyl sites for hydroxylation is 1. The zero-order valence-electron chi connectivity index (χ0n) is 17.1. The van der Waals surface area contributed by atoms with Gasteiger partial charge in [-0.2, -0.15) is 0 Å². The van der Waals surface area contributed by atoms with Crippen LogP contribution in [0.1, 0.15) is 93.4 Å². The van der Waals surface area contributed by atoms with Gasteiger partial charge in [-0.15, -0.1) is 0 Å². The molecule has 0 spiro atoms. The molecular weight excluding hydrogens is 324 g/mol. The zero-order chi connectivity index (χ0) is 18.9. The van der Waals surface area contributed by atoms with Crippen molar-refractivity contribution in [2.75, 3.05) is 0 Å². The third-order valence-electron chi connectivity index (χ3n) is 6.16. The molecule has 0 N–H and O–H groups in total. The van der Waals surface area contributed by atoms with E-state index in [1.165, 1.54) is 62.5 Å². The highest BCUT2D eigenvalue weighted by Crippen LogP contribution is 2.37. The van der Waals surface area contributed by atoms with E-state index < -0.39 is 0 Å². The van der Waals surface area contributed by atoms with Gasteiger partial charge in [0.2, 0.25) is 0 Å². The van der Waals surface area contributed by atoms with Gasteiger partial charge in [-0.3, -0.25) is 0 Å². The van der Waals surface area contributed by atoms with Crippen LogP contribution in [-0.4, -0.2) is 0 Å². The molecule has 0 aromatic heterocycles. The summed E-state index contributed by atoms with van der Waals surface area (Å²) in [6, 6.07) is 17.6. The van der Waals surface area contributed by atoms with Crippen molar-refractivity contribution < 1.29 is 0 Å². The van der Waals surface area contributed by atoms with Crippen molar-refractivity contribution in [1.82, 2.24) is 0 Å². The Kier molecular flexibility index (Phi) is 7.58. The van der Waals surface area contributed by atoms with Crippen LogP contribution in [0.3, 0.4) is 0 Å². The maximum absolute atomic E-state index is 3.31. The summed E-state index contributed by atoms with van der Waals surface area (Å²) in [7, 11) is 0. The number of hydrogen-bond acceptors (Lipinski definition) is 0. The van der Waals surface area contributed by atoms with Crippen LogP contribution in [0.5, 0.6) is 0 Å². The average molecular weight is 359 g/mol. The second-order valence-corrected chi connectivity index (χ2v) is 8.14. The van der Waals surface area contributed by atoms with Crippen molar-refractivity contribution in [3.05, 3.63) is 70.8 Å². The van der Waals surface area contributed by atoms with E-state index in [9.17, 15) is 0 Å². The topological polar surface area (TPSA) is 0 Å². The predicted molar refractivity (Wildman–Crippen MR) is 117 cm³/mol. The molecule has 1 aliphatic rings. The lowest BCUT2D eigenvalue weighted by molar-refractivity contribution is 0.303. The molecule has 0 unspecified atom stereocenters. The van der Waals surface area contributed by atoms with Gasteiger partial charge in [0, 0.05) is 11.1 Å². The predicted octanol–water partition coefficient (Wildman–Crippen LogP) is 7.50. The van der Waals surface area contributed by atoms with Crippen LogP contribution >= 0.6 is 0 Å². The van der Waals surface area contributed by atoms with Gasteiger partial charge >= 0.3 is 0 Å². The van der Waals surface area contributed by atoms with E-state index in [2.05, 4.69) is 74.2 Å². The van der Waals surface area contributed by atoms with E-state index in [-0.39, 0.29) is 0 Å². The summed E-state index contributed by atoms with van der Waals surface area (Å²) in [4.78, 5) is 0. The molecule has 0 heteroatoms. The van der Waals surface area contributed by atoms with E-state index in [4.69, 9.17) is 0 Å². The van der Waals surface area contributed by atoms with Crippen molar-refractivity contribution >= 4 is 0 Å². The molecule has 3 rings (SSSR count). The summed E-state index contributed by atoms with van der Waals surface area (Å²) in [5, 5.41) is 0. The van der Waals surface area contributed by atoms with Crippen molar-refractivity contribution in [2.45, 2.75) is 77.6 Å². The molecule has 0 radical (unpaired) electrons. The van der Waals surface area contributed by atoms with Crippen molar-refractivity contribution in [3.8, 4) is 11.8 Å². The molecule has 1 fully saturated rings. The van der Waals surface area contributed by atoms with Crippen molar-refractivity contribution in [2.24, 2.45) is 5.92 Å². The van der Waals surface area contributed by atoms with Gasteiger partial charge in [0.15, 0.2) is 0 Å². The molecule has 0 bridgehead atoms. The van der Waals surface area contributed by atoms with Crippen LogP contribution in [0.4, 0.5) is 0 Å². The minimum Gasteiger partial charge on any atom is -0.0654 e. The van der Waals surface area contributed by atoms with E-state index >= 15 is 0 Å². The van der Waals surface area contributed by atoms with E-state index in [0.29, 0.717) is 0 Å². The lowest BCUT2D eigenvalue weighted by Gasteiger charge is -2.29. The summed E-state index contributed by atoms with van der Waals surface area (Å²) in [5.74, 6) is 8.35. The van der Waals surface area contributed by atoms with E-state index in [0.717, 1.165) is 29.4 Å². The molecule has 0 atom stereocenters. The Labute approximate surface area is 166 Å². The second-order valence-electron chi connectivity index (χ2n) is 8.14. The van der Waals surface area contributed by atoms with Crippen LogP contribution in [-0.2, 0) is 6.42 Å². The molecule has 0 aliphatic heterocycles. The highest BCUT2D eigenvalue weighted by Gasteiger charge is 2.21. The lowest BCUT2D eigenvalue weighted by Crippen LogP contribution is -2.13. The number of unbranched alkanes of at least 4 members (excludes halogenated alkanes) is 2. The van der Waals surface area contributed by atoms with Gasteiger partial charge < -0.3 is 0 Å². The quantitative estimate of drug-likeness (QED) is 0.370. The minimum absolute atomic E-state index is 0.760. The molecule has 0 saturated heterocycles. The summed E-state index contributed by atoms with van der Waals surface area (Å²) in [5.41, 5.74) is 5.09. The standard InChI is InChI=1S/C27H34/c1-3-5-6-7-23-14-18-26(19-15-23)27-20-16-25(17-21-27)13-12-24-10-8-22(4-2)9-11-24/h8-11,16-17,20-21,23,26H,3-7,14-15,18-19H2,1-2H3. The zero-order valence-corrected chi connectivity index (χ0v) is 17.1. The summed E-state index contributed by atoms with van der Waals surface area (Å²) < 4.78 is 0. The summed E-state index contributed by atoms with van der Waals surface area (Å²) in [6.45, 7) is 4.48. The molecule has 0 nitrogen and oxygen atoms in total. The molecule has 1 aliphatic carbocycles. The first-order chi connectivity index (χ1) is 13.3. The molecule has 142 valence electrons. The maximum Gasteiger partial charge on any atom is 0.0249 e. The Morgan fingerprint density at radius 3 is 1.89 bits per heavy atom. The Balaban J connectivity index is 1.53. The van der Waals surface area contributed by atoms with Gasteiger partial charge in [0.25, 0.3) is 0 Å². The van der Waals surface area contributed by atoms with Gasteiger partial charge in [0.05, 0.1) is 0 Å². The smallest absolute Gasteiger partial charge is 0.0249 e. The van der Waals surface area contributed by atoms with Gasteiger partial charge in [-0.25, -0.2) is 0 Å². The Bertz CT molecular complexity index is 731. The molecule has 2 aromatic carbocycles. The number of benzene rings is 2. The van der Waals surface area contributed by atoms with Crippen molar-refractivity contribution in [1.29, 1.82) is 0 Å². The summed E-state index contributed by atoms with van der Waals surface area (Å²) >= 11 is 0. The molecule has 2 aromatic rings. The van der Waals surface area contributed by atoms with Gasteiger partial charge in [-0.05, 0) is 79.3 Å². The summed E-state index contributed by atoms with van der Waals surface area (Å²) in [6.07, 6.45) is 12.3. The van der Waals surface area contributed by atoms with Crippen LogP contribution in [0, 0.1) is 17.8 Å². The first kappa shape index (κ1) is 19.8. The molecular formula is C27H34. The highest BCUT2D eigenvalue weighted by atomic mass is 14.3. The number of rotatable bonds is 6. The molecule has 27 heavy (non-hydrogen) atoms. The Hall–Kier alpha value is -2.00. The third-order valence-corrected chi connectivity index (χ3v) is 6.16. The van der Waals surface area contributed by atoms with E-state index in [1.807, 2.05) is 0 Å². The lowest BCUT2D eigenvalue weighted by atomic mass is 9.77. The second kappa shape index (κ2) is 10.4. The largest absolute Gasteiger partial charge is 0.0654 e. The molecule has 1 saturated carbocycles. The Morgan fingerprint density at radius 2 is 1.33 bits per heavy atom. The normalized spacial score (nSPS) is 19.3. The van der Waals surface area contributed by atoms with Gasteiger partial charge in [0.1, 0.15) is 0 Å². The number of hydrogen-bond donors (Lipinski definition) is 0. The van der Waals surface area contributed by atoms with Crippen LogP contribution < -0.4 is 0 Å².